The minimum atomic E-state index is -0.808. The number of ether oxygens (including phenoxy) is 1. The molecule has 1 fully saturated rings. The van der Waals surface area contributed by atoms with Gasteiger partial charge in [-0.2, -0.15) is 0 Å². The molecule has 1 atom stereocenters. The largest absolute Gasteiger partial charge is 0.492 e. The first-order chi connectivity index (χ1) is 9.58. The first kappa shape index (κ1) is 14.3. The molecular formula is C13H16N2O5. The Kier molecular flexibility index (Phi) is 4.52. The van der Waals surface area contributed by atoms with E-state index < -0.39 is 16.9 Å². The van der Waals surface area contributed by atoms with E-state index in [1.54, 1.807) is 12.1 Å². The third-order valence-electron chi connectivity index (χ3n) is 3.32. The maximum atomic E-state index is 11.0. The quantitative estimate of drug-likeness (QED) is 0.627. The lowest BCUT2D eigenvalue weighted by molar-refractivity contribution is -0.384. The topological polar surface area (TPSA) is 92.9 Å². The lowest BCUT2D eigenvalue weighted by Crippen LogP contribution is -2.38. The molecule has 1 heterocycles. The van der Waals surface area contributed by atoms with Crippen molar-refractivity contribution < 1.29 is 19.6 Å². The second kappa shape index (κ2) is 6.33. The summed E-state index contributed by atoms with van der Waals surface area (Å²) in [5.41, 5.74) is -0.0212. The van der Waals surface area contributed by atoms with Gasteiger partial charge in [0.15, 0.2) is 0 Å². The van der Waals surface area contributed by atoms with Gasteiger partial charge in [0.05, 0.1) is 11.0 Å². The van der Waals surface area contributed by atoms with Crippen LogP contribution in [0.2, 0.25) is 0 Å². The van der Waals surface area contributed by atoms with Crippen LogP contribution in [0.15, 0.2) is 24.3 Å². The predicted molar refractivity (Wildman–Crippen MR) is 70.8 cm³/mol. The van der Waals surface area contributed by atoms with Gasteiger partial charge >= 0.3 is 5.97 Å². The highest BCUT2D eigenvalue weighted by molar-refractivity contribution is 5.73. The maximum Gasteiger partial charge on any atom is 0.320 e. The second-order valence-electron chi connectivity index (χ2n) is 4.64. The van der Waals surface area contributed by atoms with Crippen LogP contribution in [0.3, 0.4) is 0 Å². The number of carbonyl (C=O) groups is 1. The van der Waals surface area contributed by atoms with Gasteiger partial charge in [-0.3, -0.25) is 19.8 Å². The molecule has 1 aromatic carbocycles. The van der Waals surface area contributed by atoms with Crippen molar-refractivity contribution in [2.24, 2.45) is 0 Å². The SMILES string of the molecule is O=C(O)[C@H]1CCCN1CCOc1cccc([N+](=O)[O-])c1. The Morgan fingerprint density at radius 1 is 1.55 bits per heavy atom. The Labute approximate surface area is 115 Å². The lowest BCUT2D eigenvalue weighted by atomic mass is 10.2. The number of hydrogen-bond donors (Lipinski definition) is 1. The number of likely N-dealkylation sites (tertiary alicyclic amines) is 1. The molecule has 0 aromatic heterocycles. The molecular weight excluding hydrogens is 264 g/mol. The number of nitrogens with zero attached hydrogens (tertiary/aromatic N) is 2. The minimum absolute atomic E-state index is 0.0212. The molecule has 1 aliphatic rings. The summed E-state index contributed by atoms with van der Waals surface area (Å²) in [5, 5.41) is 19.7. The van der Waals surface area contributed by atoms with E-state index in [0.717, 1.165) is 13.0 Å². The summed E-state index contributed by atoms with van der Waals surface area (Å²) in [7, 11) is 0. The zero-order valence-electron chi connectivity index (χ0n) is 10.9. The van der Waals surface area contributed by atoms with Crippen LogP contribution in [0.1, 0.15) is 12.8 Å². The molecule has 20 heavy (non-hydrogen) atoms. The van der Waals surface area contributed by atoms with E-state index in [9.17, 15) is 14.9 Å². The van der Waals surface area contributed by atoms with Crippen LogP contribution in [0, 0.1) is 10.1 Å². The first-order valence-electron chi connectivity index (χ1n) is 6.42. The molecule has 7 nitrogen and oxygen atoms in total. The van der Waals surface area contributed by atoms with Gasteiger partial charge in [0.1, 0.15) is 18.4 Å². The number of carboxylic acids is 1. The van der Waals surface area contributed by atoms with E-state index in [1.807, 2.05) is 4.90 Å². The Balaban J connectivity index is 1.85. The fraction of sp³-hybridized carbons (Fsp3) is 0.462. The van der Waals surface area contributed by atoms with E-state index in [0.29, 0.717) is 25.3 Å². The van der Waals surface area contributed by atoms with Crippen LogP contribution >= 0.6 is 0 Å². The van der Waals surface area contributed by atoms with Gasteiger partial charge in [-0.05, 0) is 25.5 Å². The molecule has 1 aromatic rings. The number of aliphatic carboxylic acids is 1. The van der Waals surface area contributed by atoms with E-state index in [1.165, 1.54) is 12.1 Å². The summed E-state index contributed by atoms with van der Waals surface area (Å²) < 4.78 is 5.45. The number of hydrogen-bond acceptors (Lipinski definition) is 5. The van der Waals surface area contributed by atoms with Crippen molar-refractivity contribution >= 4 is 11.7 Å². The van der Waals surface area contributed by atoms with E-state index in [-0.39, 0.29) is 5.69 Å². The molecule has 108 valence electrons. The fourth-order valence-electron chi connectivity index (χ4n) is 2.34. The third kappa shape index (κ3) is 3.45. The van der Waals surface area contributed by atoms with E-state index >= 15 is 0 Å². The van der Waals surface area contributed by atoms with Gasteiger partial charge in [0, 0.05) is 12.6 Å². The molecule has 0 amide bonds. The van der Waals surface area contributed by atoms with E-state index in [4.69, 9.17) is 9.84 Å². The molecule has 0 saturated carbocycles. The minimum Gasteiger partial charge on any atom is -0.492 e. The van der Waals surface area contributed by atoms with Crippen molar-refractivity contribution in [3.8, 4) is 5.75 Å². The van der Waals surface area contributed by atoms with Gasteiger partial charge in [-0.25, -0.2) is 0 Å². The van der Waals surface area contributed by atoms with Gasteiger partial charge in [0.25, 0.3) is 5.69 Å². The number of benzene rings is 1. The molecule has 2 rings (SSSR count). The number of non-ortho nitro benzene ring substituents is 1. The molecule has 0 radical (unpaired) electrons. The highest BCUT2D eigenvalue weighted by atomic mass is 16.6. The summed E-state index contributed by atoms with van der Waals surface area (Å²) in [6.07, 6.45) is 1.53. The molecule has 1 saturated heterocycles. The van der Waals surface area contributed by atoms with Crippen molar-refractivity contribution in [3.05, 3.63) is 34.4 Å². The highest BCUT2D eigenvalue weighted by Gasteiger charge is 2.29. The molecule has 0 spiro atoms. The third-order valence-corrected chi connectivity index (χ3v) is 3.32. The second-order valence-corrected chi connectivity index (χ2v) is 4.64. The number of nitro groups is 1. The maximum absolute atomic E-state index is 11.0. The Morgan fingerprint density at radius 3 is 3.05 bits per heavy atom. The van der Waals surface area contributed by atoms with Crippen LogP contribution < -0.4 is 4.74 Å². The molecule has 0 unspecified atom stereocenters. The first-order valence-corrected chi connectivity index (χ1v) is 6.42. The monoisotopic (exact) mass is 280 g/mol. The summed E-state index contributed by atoms with van der Waals surface area (Å²) in [6.45, 7) is 1.56. The Bertz CT molecular complexity index is 505. The number of carboxylic acid groups (broad SMARTS) is 1. The van der Waals surface area contributed by atoms with Crippen LogP contribution in [-0.2, 0) is 4.79 Å². The standard InChI is InChI=1S/C13H16N2O5/c16-13(17)12-5-2-6-14(12)7-8-20-11-4-1-3-10(9-11)15(18)19/h1,3-4,9,12H,2,5-8H2,(H,16,17)/t12-/m1/s1. The Hall–Kier alpha value is -2.15. The van der Waals surface area contributed by atoms with Crippen molar-refractivity contribution in [2.75, 3.05) is 19.7 Å². The van der Waals surface area contributed by atoms with Gasteiger partial charge < -0.3 is 9.84 Å². The van der Waals surface area contributed by atoms with Crippen LogP contribution in [0.4, 0.5) is 5.69 Å². The van der Waals surface area contributed by atoms with Gasteiger partial charge in [0.2, 0.25) is 0 Å². The average Bonchev–Trinajstić information content (AvgIpc) is 2.87. The predicted octanol–water partition coefficient (Wildman–Crippen LogP) is 1.52. The zero-order chi connectivity index (χ0) is 14.5. The molecule has 1 aliphatic heterocycles. The van der Waals surface area contributed by atoms with Crippen LogP contribution in [-0.4, -0.2) is 46.6 Å². The van der Waals surface area contributed by atoms with Gasteiger partial charge in [-0.1, -0.05) is 6.07 Å². The van der Waals surface area contributed by atoms with Crippen molar-refractivity contribution in [2.45, 2.75) is 18.9 Å². The molecule has 1 N–H and O–H groups in total. The van der Waals surface area contributed by atoms with Crippen molar-refractivity contribution in [1.82, 2.24) is 4.90 Å². The Morgan fingerprint density at radius 2 is 2.35 bits per heavy atom. The average molecular weight is 280 g/mol. The molecule has 7 heteroatoms. The van der Waals surface area contributed by atoms with Crippen LogP contribution in [0.25, 0.3) is 0 Å². The van der Waals surface area contributed by atoms with Gasteiger partial charge in [-0.15, -0.1) is 0 Å². The highest BCUT2D eigenvalue weighted by Crippen LogP contribution is 2.20. The van der Waals surface area contributed by atoms with Crippen molar-refractivity contribution in [3.63, 3.8) is 0 Å². The summed E-state index contributed by atoms with van der Waals surface area (Å²) in [4.78, 5) is 23.0. The zero-order valence-corrected chi connectivity index (χ0v) is 10.9. The van der Waals surface area contributed by atoms with Crippen molar-refractivity contribution in [1.29, 1.82) is 0 Å². The lowest BCUT2D eigenvalue weighted by Gasteiger charge is -2.20. The number of nitro benzene ring substituents is 1. The summed E-state index contributed by atoms with van der Waals surface area (Å²) in [6, 6.07) is 5.52. The van der Waals surface area contributed by atoms with E-state index in [2.05, 4.69) is 0 Å². The molecule has 0 aliphatic carbocycles. The fourth-order valence-corrected chi connectivity index (χ4v) is 2.34. The summed E-state index contributed by atoms with van der Waals surface area (Å²) in [5.74, 6) is -0.386. The summed E-state index contributed by atoms with van der Waals surface area (Å²) >= 11 is 0. The smallest absolute Gasteiger partial charge is 0.320 e. The molecule has 0 bridgehead atoms. The van der Waals surface area contributed by atoms with Crippen LogP contribution in [0.5, 0.6) is 5.75 Å². The number of rotatable bonds is 6. The normalized spacial score (nSPS) is 18.9.